The van der Waals surface area contributed by atoms with Crippen LogP contribution in [0.5, 0.6) is 0 Å². The molecule has 1 unspecified atom stereocenters. The molecule has 0 bridgehead atoms. The fourth-order valence-corrected chi connectivity index (χ4v) is 2.19. The summed E-state index contributed by atoms with van der Waals surface area (Å²) >= 11 is 0. The first-order chi connectivity index (χ1) is 8.61. The number of aryl methyl sites for hydroxylation is 3. The van der Waals surface area contributed by atoms with Crippen LogP contribution in [0.1, 0.15) is 30.0 Å². The predicted octanol–water partition coefficient (Wildman–Crippen LogP) is 0.750. The van der Waals surface area contributed by atoms with Crippen LogP contribution in [0.4, 0.5) is 0 Å². The minimum Gasteiger partial charge on any atom is -0.310 e. The molecule has 2 aromatic heterocycles. The van der Waals surface area contributed by atoms with E-state index in [1.807, 2.05) is 30.4 Å². The van der Waals surface area contributed by atoms with Crippen molar-refractivity contribution in [2.75, 3.05) is 6.54 Å². The van der Waals surface area contributed by atoms with Crippen LogP contribution in [0.15, 0.2) is 12.5 Å². The number of nitrogens with zero attached hydrogens (tertiary/aromatic N) is 5. The largest absolute Gasteiger partial charge is 0.310 e. The molecule has 0 saturated carbocycles. The first kappa shape index (κ1) is 12.8. The van der Waals surface area contributed by atoms with Crippen LogP contribution in [-0.4, -0.2) is 31.1 Å². The topological polar surface area (TPSA) is 60.6 Å². The highest BCUT2D eigenvalue weighted by Gasteiger charge is 2.18. The van der Waals surface area contributed by atoms with Crippen molar-refractivity contribution in [2.45, 2.75) is 26.3 Å². The van der Waals surface area contributed by atoms with E-state index in [4.69, 9.17) is 0 Å². The van der Waals surface area contributed by atoms with Gasteiger partial charge in [-0.2, -0.15) is 10.2 Å². The average Bonchev–Trinajstić information content (AvgIpc) is 2.85. The first-order valence-electron chi connectivity index (χ1n) is 6.18. The van der Waals surface area contributed by atoms with E-state index in [0.717, 1.165) is 24.5 Å². The van der Waals surface area contributed by atoms with Crippen LogP contribution in [0, 0.1) is 6.92 Å². The Morgan fingerprint density at radius 1 is 1.39 bits per heavy atom. The molecule has 18 heavy (non-hydrogen) atoms. The van der Waals surface area contributed by atoms with E-state index in [-0.39, 0.29) is 6.04 Å². The SMILES string of the molecule is CCNC(Cc1ncnn1C)c1cn(C)nc1C. The van der Waals surface area contributed by atoms with Gasteiger partial charge in [-0.15, -0.1) is 0 Å². The van der Waals surface area contributed by atoms with E-state index >= 15 is 0 Å². The Balaban J connectivity index is 2.23. The van der Waals surface area contributed by atoms with Gasteiger partial charge in [0.25, 0.3) is 0 Å². The maximum atomic E-state index is 4.40. The van der Waals surface area contributed by atoms with Gasteiger partial charge in [-0.3, -0.25) is 9.36 Å². The number of hydrogen-bond donors (Lipinski definition) is 1. The molecular weight excluding hydrogens is 228 g/mol. The molecule has 2 rings (SSSR count). The van der Waals surface area contributed by atoms with Gasteiger partial charge in [-0.25, -0.2) is 4.98 Å². The molecule has 98 valence electrons. The van der Waals surface area contributed by atoms with Gasteiger partial charge in [-0.05, 0) is 13.5 Å². The number of aromatic nitrogens is 5. The van der Waals surface area contributed by atoms with Crippen LogP contribution in [0.3, 0.4) is 0 Å². The molecule has 6 nitrogen and oxygen atoms in total. The van der Waals surface area contributed by atoms with Crippen LogP contribution in [-0.2, 0) is 20.5 Å². The van der Waals surface area contributed by atoms with E-state index in [1.165, 1.54) is 5.56 Å². The summed E-state index contributed by atoms with van der Waals surface area (Å²) in [6, 6.07) is 0.228. The van der Waals surface area contributed by atoms with Crippen molar-refractivity contribution in [2.24, 2.45) is 14.1 Å². The second-order valence-electron chi connectivity index (χ2n) is 4.46. The molecule has 0 aliphatic carbocycles. The van der Waals surface area contributed by atoms with Crippen molar-refractivity contribution >= 4 is 0 Å². The van der Waals surface area contributed by atoms with E-state index < -0.39 is 0 Å². The van der Waals surface area contributed by atoms with E-state index in [9.17, 15) is 0 Å². The van der Waals surface area contributed by atoms with Gasteiger partial charge in [0.15, 0.2) is 0 Å². The van der Waals surface area contributed by atoms with Gasteiger partial charge in [0.05, 0.1) is 5.69 Å². The molecule has 2 heterocycles. The third-order valence-corrected chi connectivity index (χ3v) is 3.07. The molecule has 1 atom stereocenters. The summed E-state index contributed by atoms with van der Waals surface area (Å²) in [5.74, 6) is 0.976. The van der Waals surface area contributed by atoms with Gasteiger partial charge in [0.2, 0.25) is 0 Å². The molecule has 0 fully saturated rings. The second kappa shape index (κ2) is 5.30. The Bertz CT molecular complexity index is 512. The summed E-state index contributed by atoms with van der Waals surface area (Å²) in [7, 11) is 3.86. The Labute approximate surface area is 107 Å². The van der Waals surface area contributed by atoms with E-state index in [1.54, 1.807) is 6.33 Å². The maximum Gasteiger partial charge on any atom is 0.138 e. The Morgan fingerprint density at radius 3 is 2.67 bits per heavy atom. The summed E-state index contributed by atoms with van der Waals surface area (Å²) in [6.07, 6.45) is 4.48. The minimum atomic E-state index is 0.228. The third kappa shape index (κ3) is 2.59. The summed E-state index contributed by atoms with van der Waals surface area (Å²) in [5.41, 5.74) is 2.29. The monoisotopic (exact) mass is 248 g/mol. The number of rotatable bonds is 5. The van der Waals surface area contributed by atoms with Crippen molar-refractivity contribution in [3.8, 4) is 0 Å². The van der Waals surface area contributed by atoms with Crippen molar-refractivity contribution in [1.82, 2.24) is 29.9 Å². The van der Waals surface area contributed by atoms with Crippen molar-refractivity contribution in [1.29, 1.82) is 0 Å². The summed E-state index contributed by atoms with van der Waals surface area (Å²) < 4.78 is 3.67. The Hall–Kier alpha value is -1.69. The molecule has 0 radical (unpaired) electrons. The normalized spacial score (nSPS) is 12.9. The predicted molar refractivity (Wildman–Crippen MR) is 69.1 cm³/mol. The zero-order valence-electron chi connectivity index (χ0n) is 11.4. The molecule has 0 amide bonds. The van der Waals surface area contributed by atoms with E-state index in [2.05, 4.69) is 33.6 Å². The smallest absolute Gasteiger partial charge is 0.138 e. The van der Waals surface area contributed by atoms with Gasteiger partial charge in [-0.1, -0.05) is 6.92 Å². The Morgan fingerprint density at radius 2 is 2.17 bits per heavy atom. The van der Waals surface area contributed by atoms with Crippen molar-refractivity contribution < 1.29 is 0 Å². The molecule has 0 saturated heterocycles. The summed E-state index contributed by atoms with van der Waals surface area (Å²) in [5, 5.41) is 12.0. The second-order valence-corrected chi connectivity index (χ2v) is 4.46. The number of likely N-dealkylation sites (N-methyl/N-ethyl adjacent to an activating group) is 1. The molecule has 6 heteroatoms. The van der Waals surface area contributed by atoms with Crippen LogP contribution < -0.4 is 5.32 Å². The van der Waals surface area contributed by atoms with Crippen molar-refractivity contribution in [3.05, 3.63) is 29.6 Å². The quantitative estimate of drug-likeness (QED) is 0.848. The average molecular weight is 248 g/mol. The molecule has 0 aliphatic rings. The molecule has 0 aromatic carbocycles. The lowest BCUT2D eigenvalue weighted by molar-refractivity contribution is 0.520. The zero-order valence-corrected chi connectivity index (χ0v) is 11.4. The van der Waals surface area contributed by atoms with Gasteiger partial charge in [0, 0.05) is 38.3 Å². The number of nitrogens with one attached hydrogen (secondary N) is 1. The first-order valence-corrected chi connectivity index (χ1v) is 6.18. The molecule has 0 spiro atoms. The lowest BCUT2D eigenvalue weighted by atomic mass is 10.0. The number of hydrogen-bond acceptors (Lipinski definition) is 4. The highest BCUT2D eigenvalue weighted by molar-refractivity contribution is 5.21. The minimum absolute atomic E-state index is 0.228. The van der Waals surface area contributed by atoms with Crippen molar-refractivity contribution in [3.63, 3.8) is 0 Å². The fourth-order valence-electron chi connectivity index (χ4n) is 2.19. The van der Waals surface area contributed by atoms with Gasteiger partial charge in [0.1, 0.15) is 12.2 Å². The molecule has 1 N–H and O–H groups in total. The van der Waals surface area contributed by atoms with E-state index in [0.29, 0.717) is 0 Å². The lowest BCUT2D eigenvalue weighted by Gasteiger charge is -2.16. The summed E-state index contributed by atoms with van der Waals surface area (Å²) in [4.78, 5) is 4.28. The van der Waals surface area contributed by atoms with Gasteiger partial charge >= 0.3 is 0 Å². The lowest BCUT2D eigenvalue weighted by Crippen LogP contribution is -2.24. The highest BCUT2D eigenvalue weighted by atomic mass is 15.3. The molecule has 2 aromatic rings. The fraction of sp³-hybridized carbons (Fsp3) is 0.583. The third-order valence-electron chi connectivity index (χ3n) is 3.07. The zero-order chi connectivity index (χ0) is 13.1. The van der Waals surface area contributed by atoms with Crippen LogP contribution in [0.25, 0.3) is 0 Å². The molecule has 0 aliphatic heterocycles. The molecular formula is C12H20N6. The van der Waals surface area contributed by atoms with Crippen LogP contribution in [0.2, 0.25) is 0 Å². The Kier molecular flexibility index (Phi) is 3.76. The van der Waals surface area contributed by atoms with Gasteiger partial charge < -0.3 is 5.32 Å². The maximum absolute atomic E-state index is 4.40. The van der Waals surface area contributed by atoms with Crippen LogP contribution >= 0.6 is 0 Å². The standard InChI is InChI=1S/C12H20N6/c1-5-13-11(6-12-14-8-15-18(12)4)10-7-17(3)16-9(10)2/h7-8,11,13H,5-6H2,1-4H3. The highest BCUT2D eigenvalue weighted by Crippen LogP contribution is 2.19. The summed E-state index contributed by atoms with van der Waals surface area (Å²) in [6.45, 7) is 5.06.